The first kappa shape index (κ1) is 20.6. The summed E-state index contributed by atoms with van der Waals surface area (Å²) in [4.78, 5) is 10.8. The lowest BCUT2D eigenvalue weighted by molar-refractivity contribution is -0.131. The van der Waals surface area contributed by atoms with E-state index in [1.54, 1.807) is 6.08 Å². The Labute approximate surface area is 185 Å². The molecular formula is C26H21ClN2O2. The Kier molecular flexibility index (Phi) is 6.29. The Morgan fingerprint density at radius 2 is 1.71 bits per heavy atom. The molecule has 4 aromatic rings. The van der Waals surface area contributed by atoms with Gasteiger partial charge in [0.25, 0.3) is 0 Å². The van der Waals surface area contributed by atoms with Gasteiger partial charge < -0.3 is 5.11 Å². The number of aromatic nitrogens is 2. The molecule has 0 aliphatic carbocycles. The van der Waals surface area contributed by atoms with Crippen LogP contribution in [0.15, 0.2) is 85.1 Å². The fourth-order valence-electron chi connectivity index (χ4n) is 3.69. The molecule has 31 heavy (non-hydrogen) atoms. The molecule has 0 saturated carbocycles. The van der Waals surface area contributed by atoms with E-state index in [1.807, 2.05) is 54.7 Å². The number of benzene rings is 3. The van der Waals surface area contributed by atoms with E-state index in [9.17, 15) is 4.79 Å². The van der Waals surface area contributed by atoms with Crippen molar-refractivity contribution in [1.29, 1.82) is 0 Å². The lowest BCUT2D eigenvalue weighted by atomic mass is 9.87. The number of H-pyrrole nitrogens is 1. The summed E-state index contributed by atoms with van der Waals surface area (Å²) in [5.41, 5.74) is 7.31. The number of nitrogens with zero attached hydrogens (tertiary/aromatic N) is 1. The fraction of sp³-hybridized carbons (Fsp3) is 0.0769. The number of fused-ring (bicyclic) bond motifs is 1. The van der Waals surface area contributed by atoms with Crippen molar-refractivity contribution in [3.63, 3.8) is 0 Å². The normalized spacial score (nSPS) is 12.3. The average Bonchev–Trinajstić information content (AvgIpc) is 3.27. The van der Waals surface area contributed by atoms with Gasteiger partial charge in [0.1, 0.15) is 0 Å². The van der Waals surface area contributed by atoms with Crippen LogP contribution in [-0.4, -0.2) is 27.2 Å². The number of hydrogen-bond acceptors (Lipinski definition) is 2. The number of aromatic amines is 1. The number of carbonyl (C=O) groups is 1. The third kappa shape index (κ3) is 4.76. The van der Waals surface area contributed by atoms with Gasteiger partial charge in [-0.25, -0.2) is 4.79 Å². The Morgan fingerprint density at radius 3 is 2.42 bits per heavy atom. The summed E-state index contributed by atoms with van der Waals surface area (Å²) in [7, 11) is 0. The Morgan fingerprint density at radius 1 is 0.968 bits per heavy atom. The van der Waals surface area contributed by atoms with Gasteiger partial charge in [-0.15, -0.1) is 11.6 Å². The molecular weight excluding hydrogens is 408 g/mol. The smallest absolute Gasteiger partial charge is 0.328 e. The molecule has 0 saturated heterocycles. The number of halogens is 1. The minimum atomic E-state index is -0.966. The van der Waals surface area contributed by atoms with Crippen LogP contribution in [0.5, 0.6) is 0 Å². The third-order valence-corrected chi connectivity index (χ3v) is 5.30. The van der Waals surface area contributed by atoms with E-state index in [-0.39, 0.29) is 0 Å². The van der Waals surface area contributed by atoms with Crippen molar-refractivity contribution >= 4 is 45.7 Å². The van der Waals surface area contributed by atoms with Crippen molar-refractivity contribution in [3.05, 3.63) is 107 Å². The molecule has 0 aliphatic heterocycles. The summed E-state index contributed by atoms with van der Waals surface area (Å²) in [6.45, 7) is 0. The molecule has 1 heterocycles. The second kappa shape index (κ2) is 9.45. The quantitative estimate of drug-likeness (QED) is 0.208. The molecule has 0 unspecified atom stereocenters. The van der Waals surface area contributed by atoms with Crippen LogP contribution in [0.1, 0.15) is 28.7 Å². The first-order valence-corrected chi connectivity index (χ1v) is 10.5. The number of nitrogens with one attached hydrogen (secondary N) is 1. The maximum Gasteiger partial charge on any atom is 0.328 e. The van der Waals surface area contributed by atoms with Crippen molar-refractivity contribution in [3.8, 4) is 0 Å². The molecule has 4 nitrogen and oxygen atoms in total. The molecule has 3 aromatic carbocycles. The van der Waals surface area contributed by atoms with Crippen LogP contribution in [0.3, 0.4) is 0 Å². The van der Waals surface area contributed by atoms with Crippen LogP contribution in [0, 0.1) is 0 Å². The molecule has 0 aliphatic rings. The molecule has 0 atom stereocenters. The number of alkyl halides is 1. The zero-order valence-corrected chi connectivity index (χ0v) is 17.5. The number of aliphatic carboxylic acids is 1. The number of carboxylic acids is 1. The zero-order valence-electron chi connectivity index (χ0n) is 16.8. The van der Waals surface area contributed by atoms with Crippen LogP contribution in [0.4, 0.5) is 0 Å². The number of carboxylic acid groups (broad SMARTS) is 1. The van der Waals surface area contributed by atoms with Crippen molar-refractivity contribution in [2.24, 2.45) is 0 Å². The summed E-state index contributed by atoms with van der Waals surface area (Å²) in [6.07, 6.45) is 5.26. The highest BCUT2D eigenvalue weighted by atomic mass is 35.5. The molecule has 0 bridgehead atoms. The Hall–Kier alpha value is -3.63. The van der Waals surface area contributed by atoms with Crippen LogP contribution >= 0.6 is 11.6 Å². The van der Waals surface area contributed by atoms with E-state index in [0.29, 0.717) is 12.3 Å². The van der Waals surface area contributed by atoms with Gasteiger partial charge in [-0.1, -0.05) is 60.7 Å². The first-order chi connectivity index (χ1) is 15.2. The van der Waals surface area contributed by atoms with E-state index in [2.05, 4.69) is 34.5 Å². The van der Waals surface area contributed by atoms with Crippen LogP contribution in [0.25, 0.3) is 28.1 Å². The monoisotopic (exact) mass is 428 g/mol. The second-order valence-corrected chi connectivity index (χ2v) is 7.50. The highest BCUT2D eigenvalue weighted by Crippen LogP contribution is 2.35. The van der Waals surface area contributed by atoms with Gasteiger partial charge in [0, 0.05) is 17.3 Å². The highest BCUT2D eigenvalue weighted by Gasteiger charge is 2.15. The Bertz CT molecular complexity index is 1260. The van der Waals surface area contributed by atoms with Crippen LogP contribution in [-0.2, 0) is 4.79 Å². The molecule has 154 valence electrons. The number of rotatable bonds is 7. The molecule has 0 amide bonds. The Balaban J connectivity index is 1.91. The van der Waals surface area contributed by atoms with Crippen molar-refractivity contribution < 1.29 is 9.90 Å². The molecule has 0 radical (unpaired) electrons. The molecule has 0 spiro atoms. The van der Waals surface area contributed by atoms with Crippen molar-refractivity contribution in [1.82, 2.24) is 10.2 Å². The summed E-state index contributed by atoms with van der Waals surface area (Å²) in [5, 5.41) is 17.1. The van der Waals surface area contributed by atoms with Gasteiger partial charge in [0.05, 0.1) is 11.7 Å². The van der Waals surface area contributed by atoms with E-state index >= 15 is 0 Å². The highest BCUT2D eigenvalue weighted by molar-refractivity contribution is 6.18. The lowest BCUT2D eigenvalue weighted by Gasteiger charge is -2.17. The minimum absolute atomic E-state index is 0.501. The van der Waals surface area contributed by atoms with Crippen LogP contribution in [0.2, 0.25) is 0 Å². The zero-order chi connectivity index (χ0) is 21.6. The second-order valence-electron chi connectivity index (χ2n) is 7.12. The van der Waals surface area contributed by atoms with Gasteiger partial charge >= 0.3 is 5.97 Å². The van der Waals surface area contributed by atoms with Gasteiger partial charge in [-0.05, 0) is 58.0 Å². The van der Waals surface area contributed by atoms with E-state index in [1.165, 1.54) is 0 Å². The molecule has 2 N–H and O–H groups in total. The van der Waals surface area contributed by atoms with Crippen molar-refractivity contribution in [2.75, 3.05) is 5.88 Å². The third-order valence-electron chi connectivity index (χ3n) is 5.12. The summed E-state index contributed by atoms with van der Waals surface area (Å²) < 4.78 is 0. The summed E-state index contributed by atoms with van der Waals surface area (Å²) in [5.74, 6) is -0.465. The maximum absolute atomic E-state index is 10.8. The topological polar surface area (TPSA) is 66.0 Å². The van der Waals surface area contributed by atoms with Crippen molar-refractivity contribution in [2.45, 2.75) is 6.42 Å². The van der Waals surface area contributed by atoms with Gasteiger partial charge in [0.15, 0.2) is 0 Å². The van der Waals surface area contributed by atoms with E-state index in [0.717, 1.165) is 50.4 Å². The SMILES string of the molecule is O=C(O)/C=C/c1ccc(/C(=C(/CCCl)c2ccccc2)c2ccc3[nH]ncc3c2)cc1. The van der Waals surface area contributed by atoms with Gasteiger partial charge in [-0.2, -0.15) is 5.10 Å². The summed E-state index contributed by atoms with van der Waals surface area (Å²) >= 11 is 6.22. The maximum atomic E-state index is 10.8. The van der Waals surface area contributed by atoms with E-state index < -0.39 is 5.97 Å². The summed E-state index contributed by atoms with van der Waals surface area (Å²) in [6, 6.07) is 24.4. The number of hydrogen-bond donors (Lipinski definition) is 2. The molecule has 5 heteroatoms. The van der Waals surface area contributed by atoms with Gasteiger partial charge in [-0.3, -0.25) is 5.10 Å². The largest absolute Gasteiger partial charge is 0.478 e. The predicted octanol–water partition coefficient (Wildman–Crippen LogP) is 6.25. The molecule has 0 fully saturated rings. The lowest BCUT2D eigenvalue weighted by Crippen LogP contribution is -1.97. The standard InChI is InChI=1S/C26H21ClN2O2/c27-15-14-23(19-4-2-1-3-5-19)26(21-11-12-24-22(16-21)17-28-29-24)20-9-6-18(7-10-20)8-13-25(30)31/h1-13,16-17H,14-15H2,(H,28,29)(H,30,31)/b13-8+,26-23+. The van der Waals surface area contributed by atoms with E-state index in [4.69, 9.17) is 16.7 Å². The number of allylic oxidation sites excluding steroid dienone is 1. The molecule has 1 aromatic heterocycles. The predicted molar refractivity (Wildman–Crippen MR) is 127 cm³/mol. The minimum Gasteiger partial charge on any atom is -0.478 e. The fourth-order valence-corrected chi connectivity index (χ4v) is 3.88. The van der Waals surface area contributed by atoms with Gasteiger partial charge in [0.2, 0.25) is 0 Å². The average molecular weight is 429 g/mol. The molecule has 4 rings (SSSR count). The first-order valence-electron chi connectivity index (χ1n) is 9.95. The van der Waals surface area contributed by atoms with Crippen LogP contribution < -0.4 is 0 Å².